The lowest BCUT2D eigenvalue weighted by atomic mass is 10.0. The van der Waals surface area contributed by atoms with E-state index in [1.165, 1.54) is 16.9 Å². The summed E-state index contributed by atoms with van der Waals surface area (Å²) in [6.07, 6.45) is 0.681. The summed E-state index contributed by atoms with van der Waals surface area (Å²) in [6.45, 7) is 2.98. The van der Waals surface area contributed by atoms with Gasteiger partial charge in [-0.1, -0.05) is 31.2 Å². The molecule has 7 heteroatoms. The third-order valence-corrected chi connectivity index (χ3v) is 6.36. The Bertz CT molecular complexity index is 1050. The first-order valence-electron chi connectivity index (χ1n) is 9.92. The SMILES string of the molecule is CCc1ccc(-c2sc(C)c(CF)c2COc2c(F)cc(CCC(=O)O)cc2F)cc1. The number of carbonyl (C=O) groups is 1. The van der Waals surface area contributed by atoms with Crippen LogP contribution in [-0.4, -0.2) is 11.1 Å². The van der Waals surface area contributed by atoms with Crippen LogP contribution in [-0.2, 0) is 30.9 Å². The van der Waals surface area contributed by atoms with E-state index in [1.807, 2.05) is 31.2 Å². The van der Waals surface area contributed by atoms with Crippen LogP contribution < -0.4 is 4.74 Å². The molecule has 0 saturated carbocycles. The lowest BCUT2D eigenvalue weighted by molar-refractivity contribution is -0.136. The fourth-order valence-corrected chi connectivity index (χ4v) is 4.53. The highest BCUT2D eigenvalue weighted by atomic mass is 32.1. The zero-order valence-electron chi connectivity index (χ0n) is 17.3. The highest BCUT2D eigenvalue weighted by Crippen LogP contribution is 2.38. The monoisotopic (exact) mass is 448 g/mol. The molecular formula is C24H23F3O3S. The Morgan fingerprint density at radius 1 is 1.06 bits per heavy atom. The molecule has 2 aromatic carbocycles. The van der Waals surface area contributed by atoms with E-state index in [1.54, 1.807) is 0 Å². The zero-order chi connectivity index (χ0) is 22.5. The first kappa shape index (κ1) is 22.9. The molecule has 0 saturated heterocycles. The second kappa shape index (κ2) is 10.0. The van der Waals surface area contributed by atoms with Crippen molar-refractivity contribution in [1.29, 1.82) is 0 Å². The second-order valence-corrected chi connectivity index (χ2v) is 8.42. The molecule has 3 rings (SSSR count). The van der Waals surface area contributed by atoms with Crippen molar-refractivity contribution in [3.8, 4) is 16.2 Å². The Hall–Kier alpha value is -2.80. The number of carboxylic acid groups (broad SMARTS) is 1. The van der Waals surface area contributed by atoms with Gasteiger partial charge in [0.25, 0.3) is 0 Å². The molecule has 3 nitrogen and oxygen atoms in total. The maximum atomic E-state index is 14.4. The standard InChI is InChI=1S/C24H23F3O3S/c1-3-15-4-7-17(8-5-15)24-19(18(12-25)14(2)31-24)13-30-23-20(26)10-16(11-21(23)27)6-9-22(28)29/h4-5,7-8,10-11H,3,6,9,12-13H2,1-2H3,(H,28,29). The van der Waals surface area contributed by atoms with E-state index >= 15 is 0 Å². The van der Waals surface area contributed by atoms with Crippen LogP contribution >= 0.6 is 11.3 Å². The predicted molar refractivity (Wildman–Crippen MR) is 115 cm³/mol. The van der Waals surface area contributed by atoms with Gasteiger partial charge in [-0.05, 0) is 48.6 Å². The summed E-state index contributed by atoms with van der Waals surface area (Å²) in [6, 6.07) is 10.0. The van der Waals surface area contributed by atoms with Gasteiger partial charge in [0.15, 0.2) is 17.4 Å². The van der Waals surface area contributed by atoms with Gasteiger partial charge in [-0.2, -0.15) is 0 Å². The van der Waals surface area contributed by atoms with Gasteiger partial charge in [-0.25, -0.2) is 13.2 Å². The van der Waals surface area contributed by atoms with E-state index in [0.29, 0.717) is 11.1 Å². The topological polar surface area (TPSA) is 46.5 Å². The van der Waals surface area contributed by atoms with Crippen molar-refractivity contribution in [2.75, 3.05) is 0 Å². The van der Waals surface area contributed by atoms with Crippen molar-refractivity contribution in [3.05, 3.63) is 75.2 Å². The normalized spacial score (nSPS) is 11.0. The first-order chi connectivity index (χ1) is 14.8. The molecule has 0 radical (unpaired) electrons. The van der Waals surface area contributed by atoms with Gasteiger partial charge >= 0.3 is 5.97 Å². The molecule has 164 valence electrons. The molecule has 3 aromatic rings. The van der Waals surface area contributed by atoms with Gasteiger partial charge < -0.3 is 9.84 Å². The molecule has 0 aliphatic heterocycles. The number of ether oxygens (including phenoxy) is 1. The summed E-state index contributed by atoms with van der Waals surface area (Å²) < 4.78 is 48.1. The maximum Gasteiger partial charge on any atom is 0.303 e. The molecule has 0 atom stereocenters. The summed E-state index contributed by atoms with van der Waals surface area (Å²) in [7, 11) is 0. The van der Waals surface area contributed by atoms with Gasteiger partial charge in [0, 0.05) is 27.3 Å². The van der Waals surface area contributed by atoms with Crippen molar-refractivity contribution in [3.63, 3.8) is 0 Å². The summed E-state index contributed by atoms with van der Waals surface area (Å²) in [5, 5.41) is 8.74. The van der Waals surface area contributed by atoms with Crippen LogP contribution in [0.1, 0.15) is 40.5 Å². The number of rotatable bonds is 9. The Kier molecular flexibility index (Phi) is 7.38. The Balaban J connectivity index is 1.88. The largest absolute Gasteiger partial charge is 0.483 e. The minimum atomic E-state index is -1.05. The first-order valence-corrected chi connectivity index (χ1v) is 10.7. The third-order valence-electron chi connectivity index (χ3n) is 5.12. The molecule has 31 heavy (non-hydrogen) atoms. The van der Waals surface area contributed by atoms with Crippen LogP contribution in [0.2, 0.25) is 0 Å². The molecule has 0 aliphatic rings. The van der Waals surface area contributed by atoms with Crippen LogP contribution in [0.5, 0.6) is 5.75 Å². The summed E-state index contributed by atoms with van der Waals surface area (Å²) >= 11 is 1.42. The van der Waals surface area contributed by atoms with Crippen LogP contribution in [0.3, 0.4) is 0 Å². The van der Waals surface area contributed by atoms with Gasteiger partial charge in [-0.15, -0.1) is 11.3 Å². The molecule has 1 heterocycles. The predicted octanol–water partition coefficient (Wildman–Crippen LogP) is 6.63. The molecule has 0 unspecified atom stereocenters. The molecule has 0 fully saturated rings. The second-order valence-electron chi connectivity index (χ2n) is 7.20. The fraction of sp³-hybridized carbons (Fsp3) is 0.292. The quantitative estimate of drug-likeness (QED) is 0.400. The molecule has 0 amide bonds. The number of hydrogen-bond donors (Lipinski definition) is 1. The summed E-state index contributed by atoms with van der Waals surface area (Å²) in [5.41, 5.74) is 3.35. The smallest absolute Gasteiger partial charge is 0.303 e. The summed E-state index contributed by atoms with van der Waals surface area (Å²) in [4.78, 5) is 12.3. The van der Waals surface area contributed by atoms with Crippen molar-refractivity contribution in [2.24, 2.45) is 0 Å². The summed E-state index contributed by atoms with van der Waals surface area (Å²) in [5.74, 6) is -3.43. The molecular weight excluding hydrogens is 425 g/mol. The number of aliphatic carboxylic acids is 1. The molecule has 0 bridgehead atoms. The third kappa shape index (κ3) is 5.28. The number of benzene rings is 2. The van der Waals surface area contributed by atoms with Gasteiger partial charge in [0.05, 0.1) is 0 Å². The van der Waals surface area contributed by atoms with Gasteiger partial charge in [-0.3, -0.25) is 4.79 Å². The van der Waals surface area contributed by atoms with E-state index in [4.69, 9.17) is 9.84 Å². The van der Waals surface area contributed by atoms with E-state index in [-0.39, 0.29) is 25.0 Å². The lowest BCUT2D eigenvalue weighted by Crippen LogP contribution is -2.04. The Morgan fingerprint density at radius 2 is 1.71 bits per heavy atom. The fourth-order valence-electron chi connectivity index (χ4n) is 3.37. The highest BCUT2D eigenvalue weighted by Gasteiger charge is 2.20. The van der Waals surface area contributed by atoms with E-state index in [2.05, 4.69) is 6.92 Å². The zero-order valence-corrected chi connectivity index (χ0v) is 18.1. The van der Waals surface area contributed by atoms with Gasteiger partial charge in [0.2, 0.25) is 0 Å². The van der Waals surface area contributed by atoms with E-state index in [9.17, 15) is 18.0 Å². The number of hydrogen-bond acceptors (Lipinski definition) is 3. The van der Waals surface area contributed by atoms with Crippen molar-refractivity contribution in [1.82, 2.24) is 0 Å². The maximum absolute atomic E-state index is 14.4. The average molecular weight is 449 g/mol. The van der Waals surface area contributed by atoms with Crippen LogP contribution in [0, 0.1) is 18.6 Å². The van der Waals surface area contributed by atoms with Crippen molar-refractivity contribution >= 4 is 17.3 Å². The lowest BCUT2D eigenvalue weighted by Gasteiger charge is -2.12. The van der Waals surface area contributed by atoms with E-state index < -0.39 is 30.0 Å². The Morgan fingerprint density at radius 3 is 2.26 bits per heavy atom. The number of halogens is 3. The number of carboxylic acids is 1. The molecule has 0 aliphatic carbocycles. The highest BCUT2D eigenvalue weighted by molar-refractivity contribution is 7.15. The van der Waals surface area contributed by atoms with Crippen molar-refractivity contribution < 1.29 is 27.8 Å². The minimum Gasteiger partial charge on any atom is -0.483 e. The van der Waals surface area contributed by atoms with Crippen molar-refractivity contribution in [2.45, 2.75) is 46.4 Å². The minimum absolute atomic E-state index is 0.0110. The molecule has 1 N–H and O–H groups in total. The number of alkyl halides is 1. The van der Waals surface area contributed by atoms with Crippen LogP contribution in [0.4, 0.5) is 13.2 Å². The van der Waals surface area contributed by atoms with Crippen LogP contribution in [0.25, 0.3) is 10.4 Å². The molecule has 0 spiro atoms. The van der Waals surface area contributed by atoms with Crippen LogP contribution in [0.15, 0.2) is 36.4 Å². The average Bonchev–Trinajstić information content (AvgIpc) is 3.06. The van der Waals surface area contributed by atoms with Gasteiger partial charge in [0.1, 0.15) is 13.3 Å². The molecule has 1 aromatic heterocycles. The van der Waals surface area contributed by atoms with E-state index in [0.717, 1.165) is 33.9 Å². The number of aryl methyl sites for hydroxylation is 3. The Labute approximate surface area is 183 Å². The number of thiophene rings is 1.